The van der Waals surface area contributed by atoms with Crippen molar-refractivity contribution in [2.45, 2.75) is 66.5 Å². The SMILES string of the molecule is CCC(CC)C(=O)/C=C(\O)C(CC)CC.Cc1cc(-c2nccc3c2sc2c(C(F)(F)F)cccc23)[c-]c2oc3ccccc3c12.[Ir]. The average molecular weight is 837 g/mol. The molecule has 3 aromatic heterocycles. The molecule has 0 saturated heterocycles. The molecule has 0 amide bonds. The van der Waals surface area contributed by atoms with E-state index in [0.29, 0.717) is 26.9 Å². The van der Waals surface area contributed by atoms with Crippen LogP contribution in [0.5, 0.6) is 0 Å². The van der Waals surface area contributed by atoms with Gasteiger partial charge in [0.2, 0.25) is 0 Å². The zero-order valence-corrected chi connectivity index (χ0v) is 30.1. The van der Waals surface area contributed by atoms with Gasteiger partial charge in [-0.2, -0.15) is 13.2 Å². The quantitative estimate of drug-likeness (QED) is 0.0942. The molecule has 1 N–H and O–H groups in total. The second-order valence-corrected chi connectivity index (χ2v) is 12.5. The van der Waals surface area contributed by atoms with E-state index in [0.717, 1.165) is 70.4 Å². The van der Waals surface area contributed by atoms with Crippen molar-refractivity contribution in [2.24, 2.45) is 11.8 Å². The van der Waals surface area contributed by atoms with E-state index in [1.807, 2.05) is 65.0 Å². The minimum Gasteiger partial charge on any atom is -0.512 e. The first-order chi connectivity index (χ1) is 22.0. The standard InChI is InChI=1S/C25H13F3NOS.C13H24O2.Ir/c1-13-11-14(12-20-21(13)17-5-2-3-8-19(17)30-20)22-24-16(9-10-29-22)15-6-4-7-18(23(15)31-24)25(26,27)28;1-5-10(6-2)12(14)9-13(15)11(7-3)8-4;/h2-11H,1H3;9-11,14H,5-8H2,1-4H3;/q-1;;/b;12-9-;. The normalized spacial score (nSPS) is 12.3. The number of aliphatic hydroxyl groups is 1. The summed E-state index contributed by atoms with van der Waals surface area (Å²) in [5.41, 5.74) is 3.09. The number of thiophene rings is 1. The molecule has 0 fully saturated rings. The number of fused-ring (bicyclic) bond motifs is 6. The molecule has 6 aromatic rings. The third kappa shape index (κ3) is 7.33. The summed E-state index contributed by atoms with van der Waals surface area (Å²) in [6, 6.07) is 19.1. The number of benzene rings is 3. The van der Waals surface area contributed by atoms with Crippen LogP contribution in [-0.2, 0) is 31.1 Å². The summed E-state index contributed by atoms with van der Waals surface area (Å²) in [4.78, 5) is 16.2. The zero-order valence-electron chi connectivity index (χ0n) is 26.9. The van der Waals surface area contributed by atoms with Crippen LogP contribution < -0.4 is 0 Å². The minimum atomic E-state index is -4.41. The number of allylic oxidation sites excluding steroid dienone is 2. The number of aryl methyl sites for hydroxylation is 1. The minimum absolute atomic E-state index is 0. The van der Waals surface area contributed by atoms with Crippen molar-refractivity contribution >= 4 is 59.2 Å². The summed E-state index contributed by atoms with van der Waals surface area (Å²) in [7, 11) is 0. The number of alkyl halides is 3. The fraction of sp³-hybridized carbons (Fsp3) is 0.316. The third-order valence-corrected chi connectivity index (χ3v) is 9.92. The van der Waals surface area contributed by atoms with Gasteiger partial charge in [-0.05, 0) is 54.7 Å². The Labute approximate surface area is 290 Å². The Morgan fingerprint density at radius 3 is 2.23 bits per heavy atom. The predicted octanol–water partition coefficient (Wildman–Crippen LogP) is 12.0. The molecular weight excluding hydrogens is 800 g/mol. The van der Waals surface area contributed by atoms with Crippen LogP contribution in [0.15, 0.2) is 77.0 Å². The molecule has 3 heterocycles. The van der Waals surface area contributed by atoms with Gasteiger partial charge >= 0.3 is 6.18 Å². The number of aromatic nitrogens is 1. The van der Waals surface area contributed by atoms with Crippen LogP contribution >= 0.6 is 11.3 Å². The Morgan fingerprint density at radius 1 is 0.936 bits per heavy atom. The summed E-state index contributed by atoms with van der Waals surface area (Å²) in [6.45, 7) is 10.1. The predicted molar refractivity (Wildman–Crippen MR) is 182 cm³/mol. The number of aliphatic hydroxyl groups excluding tert-OH is 1. The summed E-state index contributed by atoms with van der Waals surface area (Å²) in [6.07, 6.45) is 2.13. The Balaban J connectivity index is 0.000000269. The van der Waals surface area contributed by atoms with Gasteiger partial charge in [-0.3, -0.25) is 4.79 Å². The van der Waals surface area contributed by atoms with Crippen LogP contribution in [0.2, 0.25) is 0 Å². The molecule has 9 heteroatoms. The maximum Gasteiger partial charge on any atom is 0.417 e. The maximum absolute atomic E-state index is 13.6. The smallest absolute Gasteiger partial charge is 0.417 e. The fourth-order valence-electron chi connectivity index (χ4n) is 6.02. The molecule has 0 aliphatic carbocycles. The van der Waals surface area contributed by atoms with E-state index in [9.17, 15) is 23.1 Å². The monoisotopic (exact) mass is 837 g/mol. The van der Waals surface area contributed by atoms with Crippen molar-refractivity contribution < 1.29 is 47.6 Å². The molecule has 0 unspecified atom stereocenters. The van der Waals surface area contributed by atoms with E-state index in [4.69, 9.17) is 4.42 Å². The third-order valence-electron chi connectivity index (χ3n) is 8.66. The van der Waals surface area contributed by atoms with Crippen molar-refractivity contribution in [3.8, 4) is 11.3 Å². The molecule has 0 atom stereocenters. The number of pyridine rings is 1. The first-order valence-electron chi connectivity index (χ1n) is 15.7. The van der Waals surface area contributed by atoms with Crippen LogP contribution in [0.1, 0.15) is 64.5 Å². The number of hydrogen-bond donors (Lipinski definition) is 1. The van der Waals surface area contributed by atoms with E-state index in [-0.39, 0.29) is 48.2 Å². The van der Waals surface area contributed by atoms with Crippen molar-refractivity contribution in [3.63, 3.8) is 0 Å². The van der Waals surface area contributed by atoms with Gasteiger partial charge in [-0.25, -0.2) is 0 Å². The van der Waals surface area contributed by atoms with Gasteiger partial charge in [0.15, 0.2) is 5.78 Å². The molecule has 0 saturated carbocycles. The summed E-state index contributed by atoms with van der Waals surface area (Å²) in [5, 5.41) is 13.1. The Kier molecular flexibility index (Phi) is 11.7. The molecule has 1 radical (unpaired) electrons. The van der Waals surface area contributed by atoms with Gasteiger partial charge in [0, 0.05) is 64.7 Å². The molecule has 4 nitrogen and oxygen atoms in total. The first kappa shape index (κ1) is 36.3. The number of hydrogen-bond acceptors (Lipinski definition) is 5. The first-order valence-corrected chi connectivity index (χ1v) is 16.5. The van der Waals surface area contributed by atoms with Gasteiger partial charge < -0.3 is 14.5 Å². The largest absolute Gasteiger partial charge is 0.512 e. The zero-order chi connectivity index (χ0) is 33.2. The van der Waals surface area contributed by atoms with Gasteiger partial charge in [0.25, 0.3) is 0 Å². The van der Waals surface area contributed by atoms with Crippen molar-refractivity contribution in [1.29, 1.82) is 0 Å². The van der Waals surface area contributed by atoms with E-state index in [2.05, 4.69) is 11.1 Å². The molecule has 0 aliphatic heterocycles. The maximum atomic E-state index is 13.6. The van der Waals surface area contributed by atoms with Gasteiger partial charge in [-0.1, -0.05) is 76.4 Å². The number of carbonyl (C=O) groups excluding carboxylic acids is 1. The van der Waals surface area contributed by atoms with Crippen LogP contribution in [0, 0.1) is 24.8 Å². The molecule has 249 valence electrons. The van der Waals surface area contributed by atoms with Crippen LogP contribution in [0.3, 0.4) is 0 Å². The van der Waals surface area contributed by atoms with Gasteiger partial charge in [0.05, 0.1) is 16.9 Å². The van der Waals surface area contributed by atoms with Crippen LogP contribution in [0.25, 0.3) is 53.4 Å². The Morgan fingerprint density at radius 2 is 1.57 bits per heavy atom. The van der Waals surface area contributed by atoms with Crippen molar-refractivity contribution in [3.05, 3.63) is 89.8 Å². The molecule has 0 aliphatic rings. The number of carbonyl (C=O) groups is 1. The van der Waals surface area contributed by atoms with Gasteiger partial charge in [0.1, 0.15) is 5.58 Å². The summed E-state index contributed by atoms with van der Waals surface area (Å²) in [5.74, 6) is 0.547. The fourth-order valence-corrected chi connectivity index (χ4v) is 7.35. The van der Waals surface area contributed by atoms with E-state index in [1.165, 1.54) is 12.1 Å². The second kappa shape index (κ2) is 15.1. The summed E-state index contributed by atoms with van der Waals surface area (Å²) >= 11 is 1.12. The second-order valence-electron chi connectivity index (χ2n) is 11.5. The van der Waals surface area contributed by atoms with Gasteiger partial charge in [-0.15, -0.1) is 28.5 Å². The molecule has 47 heavy (non-hydrogen) atoms. The average Bonchev–Trinajstić information content (AvgIpc) is 3.60. The number of para-hydroxylation sites is 1. The Bertz CT molecular complexity index is 2050. The molecule has 6 rings (SSSR count). The molecule has 3 aromatic carbocycles. The van der Waals surface area contributed by atoms with Crippen molar-refractivity contribution in [1.82, 2.24) is 4.98 Å². The van der Waals surface area contributed by atoms with Crippen molar-refractivity contribution in [2.75, 3.05) is 0 Å². The Hall–Kier alpha value is -3.52. The number of nitrogens with zero attached hydrogens (tertiary/aromatic N) is 1. The summed E-state index contributed by atoms with van der Waals surface area (Å²) < 4.78 is 47.6. The van der Waals surface area contributed by atoms with E-state index < -0.39 is 11.7 Å². The van der Waals surface area contributed by atoms with Crippen LogP contribution in [0.4, 0.5) is 13.2 Å². The van der Waals surface area contributed by atoms with E-state index >= 15 is 0 Å². The number of furan rings is 1. The molecule has 0 bridgehead atoms. The topological polar surface area (TPSA) is 63.3 Å². The molecule has 0 spiro atoms. The number of halogens is 3. The number of rotatable bonds is 8. The van der Waals surface area contributed by atoms with Crippen LogP contribution in [-0.4, -0.2) is 15.9 Å². The van der Waals surface area contributed by atoms with E-state index in [1.54, 1.807) is 18.3 Å². The number of ketones is 1. The molecular formula is C38H37F3IrNO3S-.